The summed E-state index contributed by atoms with van der Waals surface area (Å²) in [6, 6.07) is 2.76. The number of pyridine rings is 1. The lowest BCUT2D eigenvalue weighted by molar-refractivity contribution is 0.489. The van der Waals surface area contributed by atoms with Crippen molar-refractivity contribution in [1.29, 1.82) is 0 Å². The Morgan fingerprint density at radius 3 is 2.90 bits per heavy atom. The first-order valence-electron chi connectivity index (χ1n) is 7.67. The lowest BCUT2D eigenvalue weighted by Gasteiger charge is -2.30. The summed E-state index contributed by atoms with van der Waals surface area (Å²) >= 11 is 5.27. The highest BCUT2D eigenvalue weighted by Gasteiger charge is 2.31. The lowest BCUT2D eigenvalue weighted by atomic mass is 10.0. The third-order valence-corrected chi connectivity index (χ3v) is 4.86. The minimum Gasteiger partial charge on any atom is -0.389 e. The average molecular weight is 289 g/mol. The molecule has 0 amide bonds. The largest absolute Gasteiger partial charge is 0.389 e. The van der Waals surface area contributed by atoms with Crippen molar-refractivity contribution in [2.75, 3.05) is 11.4 Å². The first-order chi connectivity index (χ1) is 9.58. The molecule has 108 valence electrons. The minimum atomic E-state index is 0.483. The number of fused-ring (bicyclic) bond motifs is 1. The molecule has 1 fully saturated rings. The van der Waals surface area contributed by atoms with Crippen LogP contribution in [0, 0.1) is 5.92 Å². The predicted molar refractivity (Wildman–Crippen MR) is 87.4 cm³/mol. The van der Waals surface area contributed by atoms with Crippen molar-refractivity contribution in [2.24, 2.45) is 11.7 Å². The van der Waals surface area contributed by atoms with Gasteiger partial charge < -0.3 is 10.6 Å². The Hall–Kier alpha value is -1.16. The zero-order valence-electron chi connectivity index (χ0n) is 12.4. The van der Waals surface area contributed by atoms with E-state index >= 15 is 0 Å². The molecule has 1 aliphatic heterocycles. The summed E-state index contributed by atoms with van der Waals surface area (Å²) in [5, 5.41) is 0. The molecule has 1 aliphatic carbocycles. The van der Waals surface area contributed by atoms with Crippen molar-refractivity contribution in [1.82, 2.24) is 4.98 Å². The maximum atomic E-state index is 5.96. The van der Waals surface area contributed by atoms with Crippen molar-refractivity contribution in [3.05, 3.63) is 22.9 Å². The second kappa shape index (κ2) is 5.32. The van der Waals surface area contributed by atoms with Crippen LogP contribution in [0.25, 0.3) is 0 Å². The normalized spacial score (nSPS) is 21.6. The molecule has 4 heteroatoms. The van der Waals surface area contributed by atoms with Gasteiger partial charge >= 0.3 is 0 Å². The summed E-state index contributed by atoms with van der Waals surface area (Å²) in [6.07, 6.45) is 5.90. The maximum absolute atomic E-state index is 5.96. The molecule has 0 spiro atoms. The van der Waals surface area contributed by atoms with Crippen LogP contribution in [0.1, 0.15) is 49.9 Å². The standard InChI is InChI=1S/C16H23N3S/c1-10(2)14-7-4-8-19(14)16-12(15(17)20)9-11-5-3-6-13(11)18-16/h9-10,14H,3-8H2,1-2H3,(H2,17,20). The fourth-order valence-electron chi connectivity index (χ4n) is 3.61. The van der Waals surface area contributed by atoms with E-state index in [0.29, 0.717) is 16.9 Å². The average Bonchev–Trinajstić information content (AvgIpc) is 3.05. The van der Waals surface area contributed by atoms with E-state index in [1.54, 1.807) is 0 Å². The number of rotatable bonds is 3. The summed E-state index contributed by atoms with van der Waals surface area (Å²) in [5.41, 5.74) is 9.55. The van der Waals surface area contributed by atoms with Gasteiger partial charge in [0.1, 0.15) is 10.8 Å². The van der Waals surface area contributed by atoms with Crippen molar-refractivity contribution in [2.45, 2.75) is 52.0 Å². The van der Waals surface area contributed by atoms with E-state index in [1.165, 1.54) is 30.5 Å². The quantitative estimate of drug-likeness (QED) is 0.869. The first-order valence-corrected chi connectivity index (χ1v) is 8.08. The molecule has 3 nitrogen and oxygen atoms in total. The zero-order valence-corrected chi connectivity index (χ0v) is 13.2. The maximum Gasteiger partial charge on any atom is 0.139 e. The number of thiocarbonyl (C=S) groups is 1. The van der Waals surface area contributed by atoms with Crippen molar-refractivity contribution in [3.63, 3.8) is 0 Å². The van der Waals surface area contributed by atoms with E-state index in [2.05, 4.69) is 24.8 Å². The Kier molecular flexibility index (Phi) is 3.67. The molecule has 2 heterocycles. The van der Waals surface area contributed by atoms with Crippen LogP contribution in [0.2, 0.25) is 0 Å². The predicted octanol–water partition coefficient (Wildman–Crippen LogP) is 2.83. The van der Waals surface area contributed by atoms with E-state index in [9.17, 15) is 0 Å². The lowest BCUT2D eigenvalue weighted by Crippen LogP contribution is -2.35. The molecule has 0 saturated carbocycles. The molecule has 2 N–H and O–H groups in total. The van der Waals surface area contributed by atoms with Crippen LogP contribution < -0.4 is 10.6 Å². The number of nitrogens with zero attached hydrogens (tertiary/aromatic N) is 2. The highest BCUT2D eigenvalue weighted by atomic mass is 32.1. The van der Waals surface area contributed by atoms with Gasteiger partial charge in [0.2, 0.25) is 0 Å². The number of anilines is 1. The highest BCUT2D eigenvalue weighted by Crippen LogP contribution is 2.33. The van der Waals surface area contributed by atoms with Crippen molar-refractivity contribution < 1.29 is 0 Å². The van der Waals surface area contributed by atoms with Gasteiger partial charge in [-0.25, -0.2) is 4.98 Å². The summed E-state index contributed by atoms with van der Waals surface area (Å²) in [4.78, 5) is 7.87. The summed E-state index contributed by atoms with van der Waals surface area (Å²) in [6.45, 7) is 5.65. The van der Waals surface area contributed by atoms with E-state index in [1.807, 2.05) is 0 Å². The van der Waals surface area contributed by atoms with Crippen molar-refractivity contribution in [3.8, 4) is 0 Å². The van der Waals surface area contributed by atoms with E-state index < -0.39 is 0 Å². The molecule has 1 saturated heterocycles. The van der Waals surface area contributed by atoms with Crippen molar-refractivity contribution >= 4 is 23.0 Å². The number of aryl methyl sites for hydroxylation is 2. The Morgan fingerprint density at radius 2 is 2.20 bits per heavy atom. The molecule has 1 aromatic heterocycles. The molecule has 1 aromatic rings. The number of aromatic nitrogens is 1. The van der Waals surface area contributed by atoms with Crippen LogP contribution in [0.5, 0.6) is 0 Å². The fourth-order valence-corrected chi connectivity index (χ4v) is 3.76. The molecule has 0 bridgehead atoms. The van der Waals surface area contributed by atoms with Crippen LogP contribution >= 0.6 is 12.2 Å². The van der Waals surface area contributed by atoms with Gasteiger partial charge in [-0.05, 0) is 49.7 Å². The van der Waals surface area contributed by atoms with E-state index in [-0.39, 0.29) is 0 Å². The minimum absolute atomic E-state index is 0.483. The Balaban J connectivity index is 2.05. The number of hydrogen-bond donors (Lipinski definition) is 1. The van der Waals surface area contributed by atoms with Gasteiger partial charge in [0.05, 0.1) is 5.56 Å². The highest BCUT2D eigenvalue weighted by molar-refractivity contribution is 7.80. The molecule has 3 rings (SSSR count). The summed E-state index contributed by atoms with van der Waals surface area (Å²) in [7, 11) is 0. The zero-order chi connectivity index (χ0) is 14.3. The Labute approximate surface area is 126 Å². The molecular weight excluding hydrogens is 266 g/mol. The molecule has 1 unspecified atom stereocenters. The molecule has 0 aromatic carbocycles. The van der Waals surface area contributed by atoms with Crippen LogP contribution in [-0.4, -0.2) is 22.6 Å². The second-order valence-corrected chi connectivity index (χ2v) is 6.77. The molecular formula is C16H23N3S. The topological polar surface area (TPSA) is 42.2 Å². The monoisotopic (exact) mass is 289 g/mol. The first kappa shape index (κ1) is 13.8. The molecule has 1 atom stereocenters. The van der Waals surface area contributed by atoms with Gasteiger partial charge in [-0.15, -0.1) is 0 Å². The molecule has 2 aliphatic rings. The fraction of sp³-hybridized carbons (Fsp3) is 0.625. The van der Waals surface area contributed by atoms with Crippen LogP contribution in [0.15, 0.2) is 6.07 Å². The van der Waals surface area contributed by atoms with Gasteiger partial charge in [-0.2, -0.15) is 0 Å². The van der Waals surface area contributed by atoms with Gasteiger partial charge in [0, 0.05) is 18.3 Å². The molecule has 20 heavy (non-hydrogen) atoms. The van der Waals surface area contributed by atoms with Gasteiger partial charge in [0.25, 0.3) is 0 Å². The molecule has 0 radical (unpaired) electrons. The Morgan fingerprint density at radius 1 is 1.40 bits per heavy atom. The third kappa shape index (κ3) is 2.30. The summed E-state index contributed by atoms with van der Waals surface area (Å²) < 4.78 is 0. The van der Waals surface area contributed by atoms with E-state index in [0.717, 1.165) is 30.8 Å². The summed E-state index contributed by atoms with van der Waals surface area (Å²) in [5.74, 6) is 1.67. The van der Waals surface area contributed by atoms with E-state index in [4.69, 9.17) is 22.9 Å². The SMILES string of the molecule is CC(C)C1CCCN1c1nc2c(cc1C(N)=S)CCC2. The van der Waals surface area contributed by atoms with Crippen LogP contribution in [0.3, 0.4) is 0 Å². The van der Waals surface area contributed by atoms with Gasteiger partial charge in [-0.3, -0.25) is 0 Å². The smallest absolute Gasteiger partial charge is 0.139 e. The second-order valence-electron chi connectivity index (χ2n) is 6.33. The number of nitrogens with two attached hydrogens (primary N) is 1. The van der Waals surface area contributed by atoms with Gasteiger partial charge in [0.15, 0.2) is 0 Å². The number of hydrogen-bond acceptors (Lipinski definition) is 3. The third-order valence-electron chi connectivity index (χ3n) is 4.64. The van der Waals surface area contributed by atoms with Gasteiger partial charge in [-0.1, -0.05) is 26.1 Å². The Bertz CT molecular complexity index is 539. The van der Waals surface area contributed by atoms with Crippen LogP contribution in [-0.2, 0) is 12.8 Å². The van der Waals surface area contributed by atoms with Crippen LogP contribution in [0.4, 0.5) is 5.82 Å².